The van der Waals surface area contributed by atoms with E-state index >= 15 is 0 Å². The van der Waals surface area contributed by atoms with Crippen LogP contribution in [-0.2, 0) is 6.54 Å². The monoisotopic (exact) mass is 236 g/mol. The van der Waals surface area contributed by atoms with Gasteiger partial charge in [-0.25, -0.2) is 0 Å². The molecule has 0 amide bonds. The van der Waals surface area contributed by atoms with Crippen LogP contribution in [0.3, 0.4) is 0 Å². The number of rotatable bonds is 6. The molecule has 1 aromatic heterocycles. The minimum absolute atomic E-state index is 0.265. The van der Waals surface area contributed by atoms with Gasteiger partial charge in [0.05, 0.1) is 5.69 Å². The van der Waals surface area contributed by atoms with E-state index in [4.69, 9.17) is 10.9 Å². The summed E-state index contributed by atoms with van der Waals surface area (Å²) in [6, 6.07) is 3.99. The fourth-order valence-electron chi connectivity index (χ4n) is 1.57. The molecule has 0 aliphatic heterocycles. The molecule has 0 spiro atoms. The van der Waals surface area contributed by atoms with Crippen LogP contribution in [0, 0.1) is 6.92 Å². The molecular weight excluding hydrogens is 216 g/mol. The van der Waals surface area contributed by atoms with Crippen molar-refractivity contribution < 1.29 is 5.21 Å². The normalized spacial score (nSPS) is 12.1. The van der Waals surface area contributed by atoms with Crippen molar-refractivity contribution >= 4 is 5.84 Å². The number of nitrogens with zero attached hydrogens (tertiary/aromatic N) is 3. The van der Waals surface area contributed by atoms with Crippen LogP contribution in [0.4, 0.5) is 0 Å². The molecule has 0 radical (unpaired) electrons. The lowest BCUT2D eigenvalue weighted by Gasteiger charge is -2.20. The van der Waals surface area contributed by atoms with Crippen molar-refractivity contribution in [3.63, 3.8) is 0 Å². The summed E-state index contributed by atoms with van der Waals surface area (Å²) in [7, 11) is 0. The maximum atomic E-state index is 8.49. The molecule has 5 nitrogen and oxygen atoms in total. The Balaban J connectivity index is 2.55. The summed E-state index contributed by atoms with van der Waals surface area (Å²) in [5.41, 5.74) is 7.72. The number of hydrogen-bond donors (Lipinski definition) is 2. The Morgan fingerprint density at radius 3 is 2.94 bits per heavy atom. The quantitative estimate of drug-likeness (QED) is 0.338. The van der Waals surface area contributed by atoms with E-state index in [0.29, 0.717) is 6.42 Å². The second-order valence-electron chi connectivity index (χ2n) is 3.98. The molecule has 94 valence electrons. The Kier molecular flexibility index (Phi) is 5.42. The van der Waals surface area contributed by atoms with Crippen LogP contribution in [0.2, 0.25) is 0 Å². The molecule has 0 aromatic carbocycles. The second kappa shape index (κ2) is 6.85. The van der Waals surface area contributed by atoms with Crippen molar-refractivity contribution in [2.75, 3.05) is 13.1 Å². The van der Waals surface area contributed by atoms with Crippen molar-refractivity contribution in [2.45, 2.75) is 26.8 Å². The maximum Gasteiger partial charge on any atom is 0.140 e. The Morgan fingerprint density at radius 2 is 2.35 bits per heavy atom. The highest BCUT2D eigenvalue weighted by molar-refractivity contribution is 5.79. The molecular formula is C12H20N4O. The maximum absolute atomic E-state index is 8.49. The molecule has 1 heterocycles. The first kappa shape index (κ1) is 13.4. The lowest BCUT2D eigenvalue weighted by Crippen LogP contribution is -2.28. The van der Waals surface area contributed by atoms with E-state index in [2.05, 4.69) is 35.0 Å². The highest BCUT2D eigenvalue weighted by atomic mass is 16.4. The molecule has 0 unspecified atom stereocenters. The zero-order valence-electron chi connectivity index (χ0n) is 10.4. The van der Waals surface area contributed by atoms with Gasteiger partial charge in [-0.15, -0.1) is 0 Å². The van der Waals surface area contributed by atoms with Gasteiger partial charge in [-0.3, -0.25) is 9.88 Å². The molecule has 3 N–H and O–H groups in total. The summed E-state index contributed by atoms with van der Waals surface area (Å²) in [6.07, 6.45) is 2.37. The third kappa shape index (κ3) is 4.40. The van der Waals surface area contributed by atoms with E-state index in [1.807, 2.05) is 6.07 Å². The molecule has 0 saturated heterocycles. The average molecular weight is 236 g/mol. The molecule has 5 heteroatoms. The van der Waals surface area contributed by atoms with E-state index in [0.717, 1.165) is 25.3 Å². The molecule has 1 rings (SSSR count). The molecule has 0 atom stereocenters. The van der Waals surface area contributed by atoms with Crippen molar-refractivity contribution in [3.8, 4) is 0 Å². The zero-order chi connectivity index (χ0) is 12.7. The van der Waals surface area contributed by atoms with E-state index in [9.17, 15) is 0 Å². The topological polar surface area (TPSA) is 74.7 Å². The number of pyridine rings is 1. The number of oxime groups is 1. The van der Waals surface area contributed by atoms with Gasteiger partial charge >= 0.3 is 0 Å². The van der Waals surface area contributed by atoms with E-state index in [-0.39, 0.29) is 5.84 Å². The van der Waals surface area contributed by atoms with Crippen molar-refractivity contribution in [3.05, 3.63) is 29.6 Å². The van der Waals surface area contributed by atoms with Gasteiger partial charge in [0.2, 0.25) is 0 Å². The number of aromatic nitrogens is 1. The van der Waals surface area contributed by atoms with Crippen LogP contribution in [-0.4, -0.2) is 34.0 Å². The Morgan fingerprint density at radius 1 is 1.59 bits per heavy atom. The first-order valence-electron chi connectivity index (χ1n) is 5.76. The smallest absolute Gasteiger partial charge is 0.140 e. The molecule has 0 bridgehead atoms. The molecule has 1 aromatic rings. The van der Waals surface area contributed by atoms with Crippen LogP contribution < -0.4 is 5.73 Å². The Bertz CT molecular complexity index is 379. The van der Waals surface area contributed by atoms with Crippen LogP contribution in [0.1, 0.15) is 24.6 Å². The standard InChI is InChI=1S/C12H20N4O/c1-3-16(8-6-12(13)15-17)9-11-10(2)5-4-7-14-11/h4-5,7,17H,3,6,8-9H2,1-2H3,(H2,13,15). The summed E-state index contributed by atoms with van der Waals surface area (Å²) in [5.74, 6) is 0.265. The molecule has 17 heavy (non-hydrogen) atoms. The zero-order valence-corrected chi connectivity index (χ0v) is 10.4. The van der Waals surface area contributed by atoms with Gasteiger partial charge in [-0.1, -0.05) is 18.1 Å². The first-order chi connectivity index (χ1) is 8.17. The second-order valence-corrected chi connectivity index (χ2v) is 3.98. The van der Waals surface area contributed by atoms with Gasteiger partial charge in [0.15, 0.2) is 0 Å². The number of nitrogens with two attached hydrogens (primary N) is 1. The first-order valence-corrected chi connectivity index (χ1v) is 5.76. The van der Waals surface area contributed by atoms with Gasteiger partial charge in [0.25, 0.3) is 0 Å². The summed E-state index contributed by atoms with van der Waals surface area (Å²) in [6.45, 7) is 6.61. The summed E-state index contributed by atoms with van der Waals surface area (Å²) in [4.78, 5) is 6.58. The van der Waals surface area contributed by atoms with E-state index in [1.54, 1.807) is 6.20 Å². The van der Waals surface area contributed by atoms with Gasteiger partial charge in [-0.2, -0.15) is 0 Å². The number of hydrogen-bond acceptors (Lipinski definition) is 4. The van der Waals surface area contributed by atoms with Gasteiger partial charge in [0, 0.05) is 25.7 Å². The summed E-state index contributed by atoms with van der Waals surface area (Å²) in [5, 5.41) is 11.5. The summed E-state index contributed by atoms with van der Waals surface area (Å²) >= 11 is 0. The Labute approximate surface area is 102 Å². The number of amidine groups is 1. The third-order valence-electron chi connectivity index (χ3n) is 2.75. The highest BCUT2D eigenvalue weighted by Gasteiger charge is 2.07. The van der Waals surface area contributed by atoms with Crippen molar-refractivity contribution in [2.24, 2.45) is 10.9 Å². The largest absolute Gasteiger partial charge is 0.409 e. The van der Waals surface area contributed by atoms with Crippen molar-refractivity contribution in [1.29, 1.82) is 0 Å². The average Bonchev–Trinajstić information content (AvgIpc) is 2.36. The van der Waals surface area contributed by atoms with Crippen LogP contribution in [0.15, 0.2) is 23.5 Å². The van der Waals surface area contributed by atoms with Crippen molar-refractivity contribution in [1.82, 2.24) is 9.88 Å². The lowest BCUT2D eigenvalue weighted by atomic mass is 10.2. The predicted molar refractivity (Wildman–Crippen MR) is 68.0 cm³/mol. The number of aryl methyl sites for hydroxylation is 1. The fourth-order valence-corrected chi connectivity index (χ4v) is 1.57. The summed E-state index contributed by atoms with van der Waals surface area (Å²) < 4.78 is 0. The molecule has 0 fully saturated rings. The van der Waals surface area contributed by atoms with Crippen LogP contribution in [0.5, 0.6) is 0 Å². The third-order valence-corrected chi connectivity index (χ3v) is 2.75. The molecule has 0 saturated carbocycles. The Hall–Kier alpha value is -1.62. The molecule has 0 aliphatic rings. The SMILES string of the molecule is CCN(CC/C(N)=N/O)Cc1ncccc1C. The lowest BCUT2D eigenvalue weighted by molar-refractivity contribution is 0.279. The molecule has 0 aliphatic carbocycles. The van der Waals surface area contributed by atoms with E-state index in [1.165, 1.54) is 5.56 Å². The van der Waals surface area contributed by atoms with Gasteiger partial charge in [0.1, 0.15) is 5.84 Å². The highest BCUT2D eigenvalue weighted by Crippen LogP contribution is 2.07. The predicted octanol–water partition coefficient (Wildman–Crippen LogP) is 1.35. The minimum Gasteiger partial charge on any atom is -0.409 e. The van der Waals surface area contributed by atoms with Crippen LogP contribution >= 0.6 is 0 Å². The van der Waals surface area contributed by atoms with Gasteiger partial charge < -0.3 is 10.9 Å². The fraction of sp³-hybridized carbons (Fsp3) is 0.500. The minimum atomic E-state index is 0.265. The van der Waals surface area contributed by atoms with Crippen LogP contribution in [0.25, 0.3) is 0 Å². The van der Waals surface area contributed by atoms with Gasteiger partial charge in [-0.05, 0) is 25.1 Å². The van der Waals surface area contributed by atoms with E-state index < -0.39 is 0 Å².